The van der Waals surface area contributed by atoms with Gasteiger partial charge in [0, 0.05) is 49.9 Å². The number of piperidine rings is 1. The van der Waals surface area contributed by atoms with Crippen molar-refractivity contribution in [3.63, 3.8) is 0 Å². The third-order valence-electron chi connectivity index (χ3n) is 4.39. The van der Waals surface area contributed by atoms with Crippen molar-refractivity contribution in [1.82, 2.24) is 24.9 Å². The summed E-state index contributed by atoms with van der Waals surface area (Å²) in [5.41, 5.74) is 0.783. The molecule has 1 saturated heterocycles. The van der Waals surface area contributed by atoms with Gasteiger partial charge in [0.2, 0.25) is 0 Å². The highest BCUT2D eigenvalue weighted by Gasteiger charge is 2.37. The maximum absolute atomic E-state index is 12.4. The number of aliphatic hydroxyl groups is 1. The summed E-state index contributed by atoms with van der Waals surface area (Å²) in [6.07, 6.45) is 5.61. The van der Waals surface area contributed by atoms with Crippen molar-refractivity contribution in [1.29, 1.82) is 0 Å². The van der Waals surface area contributed by atoms with Gasteiger partial charge in [-0.1, -0.05) is 0 Å². The first kappa shape index (κ1) is 17.7. The molecule has 1 atom stereocenters. The van der Waals surface area contributed by atoms with Gasteiger partial charge in [0.05, 0.1) is 12.8 Å². The molecule has 0 aliphatic carbocycles. The standard InChI is InChI=1S/C16H29N5O2/c1-4-21-10-14(9-18-21)8-17-15(23)20-7-5-6-16(12-20,13-22)11-19(2)3/h9-10,22H,4-8,11-13H2,1-3H3,(H,17,23)/t16-/m0/s1. The topological polar surface area (TPSA) is 73.6 Å². The number of aromatic nitrogens is 2. The average Bonchev–Trinajstić information content (AvgIpc) is 3.00. The fraction of sp³-hybridized carbons (Fsp3) is 0.750. The molecule has 0 spiro atoms. The Morgan fingerprint density at radius 2 is 2.30 bits per heavy atom. The molecule has 23 heavy (non-hydrogen) atoms. The molecule has 2 heterocycles. The summed E-state index contributed by atoms with van der Waals surface area (Å²) < 4.78 is 1.84. The normalized spacial score (nSPS) is 21.7. The number of aliphatic hydroxyl groups excluding tert-OH is 1. The van der Waals surface area contributed by atoms with E-state index in [1.165, 1.54) is 0 Å². The quantitative estimate of drug-likeness (QED) is 0.810. The predicted molar refractivity (Wildman–Crippen MR) is 89.0 cm³/mol. The molecule has 1 fully saturated rings. The Balaban J connectivity index is 1.90. The molecule has 0 aromatic carbocycles. The minimum atomic E-state index is -0.216. The van der Waals surface area contributed by atoms with E-state index in [1.807, 2.05) is 36.8 Å². The van der Waals surface area contributed by atoms with Crippen molar-refractivity contribution in [2.45, 2.75) is 32.9 Å². The van der Waals surface area contributed by atoms with Crippen LogP contribution < -0.4 is 5.32 Å². The first-order valence-corrected chi connectivity index (χ1v) is 8.28. The van der Waals surface area contributed by atoms with Crippen LogP contribution in [-0.4, -0.2) is 71.1 Å². The van der Waals surface area contributed by atoms with Crippen LogP contribution in [0.25, 0.3) is 0 Å². The van der Waals surface area contributed by atoms with Gasteiger partial charge in [-0.25, -0.2) is 4.79 Å². The number of carbonyl (C=O) groups is 1. The zero-order chi connectivity index (χ0) is 16.9. The largest absolute Gasteiger partial charge is 0.396 e. The van der Waals surface area contributed by atoms with Gasteiger partial charge in [-0.3, -0.25) is 4.68 Å². The Morgan fingerprint density at radius 3 is 2.91 bits per heavy atom. The van der Waals surface area contributed by atoms with Crippen molar-refractivity contribution in [3.8, 4) is 0 Å². The van der Waals surface area contributed by atoms with E-state index >= 15 is 0 Å². The van der Waals surface area contributed by atoms with Gasteiger partial charge in [-0.15, -0.1) is 0 Å². The number of amides is 2. The van der Waals surface area contributed by atoms with Crippen LogP contribution in [0.1, 0.15) is 25.3 Å². The van der Waals surface area contributed by atoms with E-state index in [-0.39, 0.29) is 18.1 Å². The van der Waals surface area contributed by atoms with Crippen LogP contribution in [0.4, 0.5) is 4.79 Å². The smallest absolute Gasteiger partial charge is 0.317 e. The lowest BCUT2D eigenvalue weighted by atomic mass is 9.80. The number of likely N-dealkylation sites (tertiary alicyclic amines) is 1. The molecule has 0 bridgehead atoms. The monoisotopic (exact) mass is 323 g/mol. The maximum Gasteiger partial charge on any atom is 0.317 e. The summed E-state index contributed by atoms with van der Waals surface area (Å²) in [6.45, 7) is 5.58. The summed E-state index contributed by atoms with van der Waals surface area (Å²) in [5.74, 6) is 0. The van der Waals surface area contributed by atoms with Gasteiger partial charge in [0.1, 0.15) is 0 Å². The molecule has 1 aliphatic heterocycles. The fourth-order valence-corrected chi connectivity index (χ4v) is 3.32. The van der Waals surface area contributed by atoms with E-state index in [0.717, 1.165) is 38.0 Å². The molecule has 0 radical (unpaired) electrons. The van der Waals surface area contributed by atoms with Crippen molar-refractivity contribution in [2.75, 3.05) is 40.3 Å². The van der Waals surface area contributed by atoms with E-state index in [4.69, 9.17) is 0 Å². The van der Waals surface area contributed by atoms with Crippen LogP contribution >= 0.6 is 0 Å². The Morgan fingerprint density at radius 1 is 1.52 bits per heavy atom. The first-order valence-electron chi connectivity index (χ1n) is 8.28. The van der Waals surface area contributed by atoms with Crippen molar-refractivity contribution in [2.24, 2.45) is 5.41 Å². The molecule has 130 valence electrons. The van der Waals surface area contributed by atoms with Crippen molar-refractivity contribution >= 4 is 6.03 Å². The molecular weight excluding hydrogens is 294 g/mol. The fourth-order valence-electron chi connectivity index (χ4n) is 3.32. The van der Waals surface area contributed by atoms with Crippen LogP contribution in [-0.2, 0) is 13.1 Å². The van der Waals surface area contributed by atoms with E-state index in [1.54, 1.807) is 6.20 Å². The van der Waals surface area contributed by atoms with Gasteiger partial charge in [-0.2, -0.15) is 5.10 Å². The SMILES string of the molecule is CCn1cc(CNC(=O)N2CCC[C@](CO)(CN(C)C)C2)cn1. The van der Waals surface area contributed by atoms with Gasteiger partial charge in [0.15, 0.2) is 0 Å². The third-order valence-corrected chi connectivity index (χ3v) is 4.39. The molecule has 1 aliphatic rings. The zero-order valence-electron chi connectivity index (χ0n) is 14.5. The van der Waals surface area contributed by atoms with Crippen LogP contribution in [0.2, 0.25) is 0 Å². The lowest BCUT2D eigenvalue weighted by Gasteiger charge is -2.43. The average molecular weight is 323 g/mol. The molecular formula is C16H29N5O2. The molecule has 7 nitrogen and oxygen atoms in total. The number of nitrogens with one attached hydrogen (secondary N) is 1. The van der Waals surface area contributed by atoms with Crippen LogP contribution in [0, 0.1) is 5.41 Å². The minimum absolute atomic E-state index is 0.0643. The van der Waals surface area contributed by atoms with E-state index in [0.29, 0.717) is 13.1 Å². The van der Waals surface area contributed by atoms with Gasteiger partial charge in [-0.05, 0) is 33.9 Å². The van der Waals surface area contributed by atoms with E-state index < -0.39 is 0 Å². The summed E-state index contributed by atoms with van der Waals surface area (Å²) in [7, 11) is 4.00. The number of urea groups is 1. The summed E-state index contributed by atoms with van der Waals surface area (Å²) in [4.78, 5) is 16.3. The van der Waals surface area contributed by atoms with Gasteiger partial charge in [0.25, 0.3) is 0 Å². The van der Waals surface area contributed by atoms with Crippen LogP contribution in [0.15, 0.2) is 12.4 Å². The highest BCUT2D eigenvalue weighted by Crippen LogP contribution is 2.30. The molecule has 2 amide bonds. The highest BCUT2D eigenvalue weighted by atomic mass is 16.3. The molecule has 0 unspecified atom stereocenters. The molecule has 0 saturated carbocycles. The van der Waals surface area contributed by atoms with Gasteiger partial charge >= 0.3 is 6.03 Å². The van der Waals surface area contributed by atoms with Crippen LogP contribution in [0.5, 0.6) is 0 Å². The Hall–Kier alpha value is -1.60. The number of nitrogens with zero attached hydrogens (tertiary/aromatic N) is 4. The molecule has 7 heteroatoms. The Labute approximate surface area is 138 Å². The zero-order valence-corrected chi connectivity index (χ0v) is 14.5. The number of carbonyl (C=O) groups excluding carboxylic acids is 1. The van der Waals surface area contributed by atoms with Crippen molar-refractivity contribution in [3.05, 3.63) is 18.0 Å². The lowest BCUT2D eigenvalue weighted by molar-refractivity contribution is 0.0271. The summed E-state index contributed by atoms with van der Waals surface area (Å²) in [6, 6.07) is -0.0643. The second kappa shape index (κ2) is 7.79. The minimum Gasteiger partial charge on any atom is -0.396 e. The third kappa shape index (κ3) is 4.68. The first-order chi connectivity index (χ1) is 11.0. The summed E-state index contributed by atoms with van der Waals surface area (Å²) >= 11 is 0. The number of rotatable bonds is 6. The maximum atomic E-state index is 12.4. The molecule has 2 N–H and O–H groups in total. The lowest BCUT2D eigenvalue weighted by Crippen LogP contribution is -2.54. The highest BCUT2D eigenvalue weighted by molar-refractivity contribution is 5.74. The summed E-state index contributed by atoms with van der Waals surface area (Å²) in [5, 5.41) is 17.0. The number of hydrogen-bond acceptors (Lipinski definition) is 4. The Bertz CT molecular complexity index is 516. The second-order valence-electron chi connectivity index (χ2n) is 6.78. The second-order valence-corrected chi connectivity index (χ2v) is 6.78. The number of aryl methyl sites for hydroxylation is 1. The van der Waals surface area contributed by atoms with E-state index in [9.17, 15) is 9.90 Å². The molecule has 1 aromatic rings. The molecule has 2 rings (SSSR count). The predicted octanol–water partition coefficient (Wildman–Crippen LogP) is 0.749. The number of hydrogen-bond donors (Lipinski definition) is 2. The van der Waals surface area contributed by atoms with Crippen molar-refractivity contribution < 1.29 is 9.90 Å². The Kier molecular flexibility index (Phi) is 6.01. The molecule has 1 aromatic heterocycles. The van der Waals surface area contributed by atoms with Gasteiger partial charge < -0.3 is 20.2 Å². The van der Waals surface area contributed by atoms with Crippen LogP contribution in [0.3, 0.4) is 0 Å². The van der Waals surface area contributed by atoms with E-state index in [2.05, 4.69) is 15.3 Å².